The zero-order valence-electron chi connectivity index (χ0n) is 15.7. The van der Waals surface area contributed by atoms with Crippen molar-refractivity contribution in [1.29, 1.82) is 0 Å². The average Bonchev–Trinajstić information content (AvgIpc) is 2.67. The third-order valence-corrected chi connectivity index (χ3v) is 4.05. The quantitative estimate of drug-likeness (QED) is 0.423. The van der Waals surface area contributed by atoms with Gasteiger partial charge in [0.15, 0.2) is 0 Å². The van der Waals surface area contributed by atoms with E-state index >= 15 is 0 Å². The van der Waals surface area contributed by atoms with E-state index in [2.05, 4.69) is 28.5 Å². The molecular weight excluding hydrogens is 350 g/mol. The molecule has 4 N–H and O–H groups in total. The van der Waals surface area contributed by atoms with Crippen molar-refractivity contribution in [2.45, 2.75) is 39.0 Å². The molecule has 8 heteroatoms. The number of nitrogens with zero attached hydrogens (tertiary/aromatic N) is 1. The smallest absolute Gasteiger partial charge is 0.414 e. The van der Waals surface area contributed by atoms with Crippen LogP contribution in [0.3, 0.4) is 0 Å². The number of unbranched alkanes of at least 4 members (excludes halogenated alkanes) is 1. The lowest BCUT2D eigenvalue weighted by molar-refractivity contribution is -0.159. The summed E-state index contributed by atoms with van der Waals surface area (Å²) in [5.74, 6) is -3.61. The standard InChI is InChI=1S/C17H27N3O.C2H2O4/c1-2-3-11-18-14-17(21)19-15-9-5-6-10-16(15)20-12-7-4-8-13-20;3-1(4)2(5)6/h5-6,9-10,18H,2-4,7-8,11-14H2,1H3,(H,19,21);(H,3,4)(H,5,6). The van der Waals surface area contributed by atoms with E-state index < -0.39 is 11.9 Å². The number of amides is 1. The van der Waals surface area contributed by atoms with Gasteiger partial charge in [0.25, 0.3) is 0 Å². The monoisotopic (exact) mass is 379 g/mol. The molecule has 150 valence electrons. The number of anilines is 2. The van der Waals surface area contributed by atoms with E-state index in [0.717, 1.165) is 43.9 Å². The lowest BCUT2D eigenvalue weighted by Gasteiger charge is -2.30. The van der Waals surface area contributed by atoms with Gasteiger partial charge in [0.05, 0.1) is 17.9 Å². The number of carbonyl (C=O) groups excluding carboxylic acids is 1. The molecule has 1 aliphatic rings. The Kier molecular flexibility index (Phi) is 10.5. The first kappa shape index (κ1) is 22.4. The fourth-order valence-electron chi connectivity index (χ4n) is 2.69. The highest BCUT2D eigenvalue weighted by Gasteiger charge is 2.15. The minimum absolute atomic E-state index is 0.0376. The Hall–Kier alpha value is -2.61. The Morgan fingerprint density at radius 3 is 2.26 bits per heavy atom. The Morgan fingerprint density at radius 2 is 1.67 bits per heavy atom. The number of piperidine rings is 1. The van der Waals surface area contributed by atoms with E-state index in [-0.39, 0.29) is 5.91 Å². The maximum atomic E-state index is 12.0. The summed E-state index contributed by atoms with van der Waals surface area (Å²) in [6, 6.07) is 8.12. The molecule has 1 aliphatic heterocycles. The summed E-state index contributed by atoms with van der Waals surface area (Å²) >= 11 is 0. The number of rotatable bonds is 7. The maximum Gasteiger partial charge on any atom is 0.414 e. The largest absolute Gasteiger partial charge is 0.473 e. The van der Waals surface area contributed by atoms with E-state index in [1.807, 2.05) is 18.2 Å². The molecule has 2 rings (SSSR count). The molecule has 0 radical (unpaired) electrons. The minimum Gasteiger partial charge on any atom is -0.473 e. The molecule has 0 atom stereocenters. The molecule has 8 nitrogen and oxygen atoms in total. The lowest BCUT2D eigenvalue weighted by atomic mass is 10.1. The van der Waals surface area contributed by atoms with Crippen LogP contribution in [0, 0.1) is 0 Å². The summed E-state index contributed by atoms with van der Waals surface area (Å²) < 4.78 is 0. The number of aliphatic carboxylic acids is 2. The van der Waals surface area contributed by atoms with Gasteiger partial charge in [-0.05, 0) is 44.4 Å². The SMILES string of the molecule is CCCCNCC(=O)Nc1ccccc1N1CCCCC1.O=C(O)C(=O)O. The van der Waals surface area contributed by atoms with Crippen LogP contribution in [0.4, 0.5) is 11.4 Å². The minimum atomic E-state index is -1.82. The summed E-state index contributed by atoms with van der Waals surface area (Å²) in [4.78, 5) is 32.6. The van der Waals surface area contributed by atoms with Gasteiger partial charge in [-0.2, -0.15) is 0 Å². The summed E-state index contributed by atoms with van der Waals surface area (Å²) in [5, 5.41) is 21.0. The number of hydrogen-bond acceptors (Lipinski definition) is 5. The van der Waals surface area contributed by atoms with Gasteiger partial charge in [-0.25, -0.2) is 9.59 Å². The van der Waals surface area contributed by atoms with Crippen LogP contribution in [-0.2, 0) is 14.4 Å². The van der Waals surface area contributed by atoms with Gasteiger partial charge >= 0.3 is 11.9 Å². The van der Waals surface area contributed by atoms with Crippen LogP contribution in [0.2, 0.25) is 0 Å². The van der Waals surface area contributed by atoms with Gasteiger partial charge in [0.2, 0.25) is 5.91 Å². The van der Waals surface area contributed by atoms with Crippen LogP contribution in [0.15, 0.2) is 24.3 Å². The number of hydrogen-bond donors (Lipinski definition) is 4. The first-order valence-electron chi connectivity index (χ1n) is 9.26. The van der Waals surface area contributed by atoms with Crippen LogP contribution in [0.5, 0.6) is 0 Å². The first-order valence-corrected chi connectivity index (χ1v) is 9.26. The Bertz CT molecular complexity index is 603. The molecule has 0 saturated carbocycles. The molecule has 0 unspecified atom stereocenters. The normalized spacial score (nSPS) is 13.3. The molecule has 1 heterocycles. The Balaban J connectivity index is 0.000000527. The van der Waals surface area contributed by atoms with Crippen molar-refractivity contribution in [3.8, 4) is 0 Å². The molecule has 1 saturated heterocycles. The molecule has 1 aromatic carbocycles. The lowest BCUT2D eigenvalue weighted by Crippen LogP contribution is -2.32. The summed E-state index contributed by atoms with van der Waals surface area (Å²) in [7, 11) is 0. The second kappa shape index (κ2) is 12.7. The molecule has 0 aliphatic carbocycles. The number of carboxylic acids is 2. The fraction of sp³-hybridized carbons (Fsp3) is 0.526. The molecule has 1 amide bonds. The van der Waals surface area contributed by atoms with Crippen molar-refractivity contribution in [2.75, 3.05) is 36.4 Å². The molecule has 0 bridgehead atoms. The zero-order valence-corrected chi connectivity index (χ0v) is 15.7. The molecule has 1 fully saturated rings. The van der Waals surface area contributed by atoms with Crippen LogP contribution in [0.25, 0.3) is 0 Å². The highest BCUT2D eigenvalue weighted by atomic mass is 16.4. The van der Waals surface area contributed by atoms with Gasteiger partial charge in [0.1, 0.15) is 0 Å². The van der Waals surface area contributed by atoms with Gasteiger partial charge in [0, 0.05) is 13.1 Å². The number of para-hydroxylation sites is 2. The Morgan fingerprint density at radius 1 is 1.04 bits per heavy atom. The van der Waals surface area contributed by atoms with Crippen molar-refractivity contribution in [2.24, 2.45) is 0 Å². The molecule has 27 heavy (non-hydrogen) atoms. The van der Waals surface area contributed by atoms with Crippen LogP contribution in [0.1, 0.15) is 39.0 Å². The third kappa shape index (κ3) is 9.05. The van der Waals surface area contributed by atoms with Gasteiger partial charge in [-0.1, -0.05) is 25.5 Å². The molecule has 0 aromatic heterocycles. The summed E-state index contributed by atoms with van der Waals surface area (Å²) in [6.45, 7) is 5.60. The number of nitrogens with one attached hydrogen (secondary N) is 2. The van der Waals surface area contributed by atoms with Crippen LogP contribution >= 0.6 is 0 Å². The first-order chi connectivity index (χ1) is 13.0. The highest BCUT2D eigenvalue weighted by Crippen LogP contribution is 2.28. The maximum absolute atomic E-state index is 12.0. The van der Waals surface area contributed by atoms with E-state index in [9.17, 15) is 4.79 Å². The number of benzene rings is 1. The summed E-state index contributed by atoms with van der Waals surface area (Å²) in [5.41, 5.74) is 2.08. The topological polar surface area (TPSA) is 119 Å². The van der Waals surface area contributed by atoms with Gasteiger partial charge in [-0.15, -0.1) is 0 Å². The molecule has 1 aromatic rings. The predicted octanol–water partition coefficient (Wildman–Crippen LogP) is 2.16. The highest BCUT2D eigenvalue weighted by molar-refractivity contribution is 6.27. The van der Waals surface area contributed by atoms with Crippen molar-refractivity contribution in [1.82, 2.24) is 5.32 Å². The number of carboxylic acid groups (broad SMARTS) is 2. The van der Waals surface area contributed by atoms with Gasteiger partial charge in [-0.3, -0.25) is 4.79 Å². The number of carbonyl (C=O) groups is 3. The second-order valence-corrected chi connectivity index (χ2v) is 6.25. The van der Waals surface area contributed by atoms with Crippen molar-refractivity contribution < 1.29 is 24.6 Å². The van der Waals surface area contributed by atoms with E-state index in [1.165, 1.54) is 19.3 Å². The zero-order chi connectivity index (χ0) is 20.1. The van der Waals surface area contributed by atoms with Gasteiger partial charge < -0.3 is 25.7 Å². The molecule has 0 spiro atoms. The van der Waals surface area contributed by atoms with Crippen molar-refractivity contribution >= 4 is 29.2 Å². The van der Waals surface area contributed by atoms with E-state index in [0.29, 0.717) is 6.54 Å². The molecular formula is C19H29N3O5. The van der Waals surface area contributed by atoms with Crippen LogP contribution < -0.4 is 15.5 Å². The van der Waals surface area contributed by atoms with E-state index in [4.69, 9.17) is 19.8 Å². The fourth-order valence-corrected chi connectivity index (χ4v) is 2.69. The third-order valence-electron chi connectivity index (χ3n) is 4.05. The average molecular weight is 379 g/mol. The predicted molar refractivity (Wildman–Crippen MR) is 104 cm³/mol. The van der Waals surface area contributed by atoms with Crippen molar-refractivity contribution in [3.63, 3.8) is 0 Å². The van der Waals surface area contributed by atoms with E-state index in [1.54, 1.807) is 0 Å². The Labute approximate surface area is 159 Å². The van der Waals surface area contributed by atoms with Crippen LogP contribution in [-0.4, -0.2) is 54.2 Å². The second-order valence-electron chi connectivity index (χ2n) is 6.25. The van der Waals surface area contributed by atoms with Crippen molar-refractivity contribution in [3.05, 3.63) is 24.3 Å². The summed E-state index contributed by atoms with van der Waals surface area (Å²) in [6.07, 6.45) is 6.04.